The summed E-state index contributed by atoms with van der Waals surface area (Å²) in [7, 11) is 0. The highest BCUT2D eigenvalue weighted by atomic mass is 16.7. The van der Waals surface area contributed by atoms with Crippen LogP contribution in [0.15, 0.2) is 115 Å². The summed E-state index contributed by atoms with van der Waals surface area (Å²) in [6.07, 6.45) is 3.67. The van der Waals surface area contributed by atoms with Gasteiger partial charge in [-0.15, -0.1) is 0 Å². The third-order valence-electron chi connectivity index (χ3n) is 5.62. The first-order valence-electron chi connectivity index (χ1n) is 11.0. The summed E-state index contributed by atoms with van der Waals surface area (Å²) in [4.78, 5) is 42.5. The van der Waals surface area contributed by atoms with Crippen molar-refractivity contribution in [3.8, 4) is 5.69 Å². The van der Waals surface area contributed by atoms with E-state index in [2.05, 4.69) is 5.16 Å². The lowest BCUT2D eigenvalue weighted by Gasteiger charge is -2.06. The SMILES string of the molecule is O=C(O)/C(=N\OC(=O)n1cccc1)c1cn(-c2ccccc2)c2ccc(C(=O)c3ccccc3)cc12. The molecule has 0 spiro atoms. The van der Waals surface area contributed by atoms with Crippen LogP contribution < -0.4 is 0 Å². The molecule has 0 aliphatic carbocycles. The summed E-state index contributed by atoms with van der Waals surface area (Å²) in [5.41, 5.74) is 2.06. The maximum Gasteiger partial charge on any atom is 0.444 e. The second kappa shape index (κ2) is 9.55. The van der Waals surface area contributed by atoms with Gasteiger partial charge in [-0.3, -0.25) is 14.2 Å². The number of benzene rings is 3. The van der Waals surface area contributed by atoms with Gasteiger partial charge in [0.1, 0.15) is 0 Å². The molecule has 2 heterocycles. The average Bonchev–Trinajstić information content (AvgIpc) is 3.58. The van der Waals surface area contributed by atoms with Gasteiger partial charge in [-0.05, 0) is 42.5 Å². The van der Waals surface area contributed by atoms with Crippen molar-refractivity contribution in [1.29, 1.82) is 0 Å². The van der Waals surface area contributed by atoms with Gasteiger partial charge in [-0.2, -0.15) is 0 Å². The van der Waals surface area contributed by atoms with Crippen LogP contribution in [0.3, 0.4) is 0 Å². The van der Waals surface area contributed by atoms with E-state index in [0.717, 1.165) is 10.3 Å². The van der Waals surface area contributed by atoms with Gasteiger partial charge in [0.2, 0.25) is 0 Å². The minimum atomic E-state index is -1.39. The second-order valence-electron chi connectivity index (χ2n) is 7.87. The first-order chi connectivity index (χ1) is 17.5. The summed E-state index contributed by atoms with van der Waals surface area (Å²) in [5, 5.41) is 14.1. The number of carbonyl (C=O) groups is 3. The zero-order valence-electron chi connectivity index (χ0n) is 18.8. The molecule has 8 nitrogen and oxygen atoms in total. The molecule has 8 heteroatoms. The van der Waals surface area contributed by atoms with E-state index in [1.807, 2.05) is 36.4 Å². The number of hydrogen-bond donors (Lipinski definition) is 1. The van der Waals surface area contributed by atoms with Crippen molar-refractivity contribution in [2.24, 2.45) is 5.16 Å². The van der Waals surface area contributed by atoms with E-state index in [4.69, 9.17) is 4.84 Å². The fourth-order valence-corrected chi connectivity index (χ4v) is 3.91. The number of para-hydroxylation sites is 1. The Morgan fingerprint density at radius 1 is 0.778 bits per heavy atom. The molecule has 0 saturated heterocycles. The predicted octanol–water partition coefficient (Wildman–Crippen LogP) is 5.14. The third kappa shape index (κ3) is 4.30. The molecule has 0 aliphatic heterocycles. The maximum atomic E-state index is 13.1. The maximum absolute atomic E-state index is 13.1. The van der Waals surface area contributed by atoms with Gasteiger partial charge < -0.3 is 9.67 Å². The Bertz CT molecular complexity index is 1600. The molecule has 0 bridgehead atoms. The highest BCUT2D eigenvalue weighted by Gasteiger charge is 2.23. The van der Waals surface area contributed by atoms with E-state index >= 15 is 0 Å². The molecular weight excluding hydrogens is 458 g/mol. The van der Waals surface area contributed by atoms with Crippen LogP contribution in [0.5, 0.6) is 0 Å². The first-order valence-corrected chi connectivity index (χ1v) is 11.0. The molecule has 5 aromatic rings. The van der Waals surface area contributed by atoms with Crippen molar-refractivity contribution >= 4 is 34.5 Å². The molecule has 2 aromatic heterocycles. The summed E-state index contributed by atoms with van der Waals surface area (Å²) < 4.78 is 2.93. The van der Waals surface area contributed by atoms with Crippen molar-refractivity contribution in [2.45, 2.75) is 0 Å². The number of carbonyl (C=O) groups excluding carboxylic acids is 2. The van der Waals surface area contributed by atoms with Crippen molar-refractivity contribution < 1.29 is 24.3 Å². The molecule has 176 valence electrons. The molecule has 0 fully saturated rings. The lowest BCUT2D eigenvalue weighted by Crippen LogP contribution is -2.17. The number of hydrogen-bond acceptors (Lipinski definition) is 5. The van der Waals surface area contributed by atoms with Gasteiger partial charge in [-0.1, -0.05) is 53.7 Å². The molecule has 0 saturated carbocycles. The van der Waals surface area contributed by atoms with Gasteiger partial charge in [0.05, 0.1) is 5.52 Å². The highest BCUT2D eigenvalue weighted by molar-refractivity contribution is 6.44. The van der Waals surface area contributed by atoms with Crippen molar-refractivity contribution in [3.63, 3.8) is 0 Å². The van der Waals surface area contributed by atoms with E-state index in [9.17, 15) is 19.5 Å². The zero-order valence-corrected chi connectivity index (χ0v) is 18.8. The lowest BCUT2D eigenvalue weighted by molar-refractivity contribution is -0.129. The van der Waals surface area contributed by atoms with E-state index in [-0.39, 0.29) is 11.3 Å². The van der Waals surface area contributed by atoms with Crippen LogP contribution in [0.2, 0.25) is 0 Å². The van der Waals surface area contributed by atoms with Gasteiger partial charge in [0, 0.05) is 46.4 Å². The standard InChI is InChI=1S/C28H19N3O5/c32-26(19-9-3-1-4-10-19)20-13-14-24-22(17-20)23(18-31(24)21-11-5-2-6-12-21)25(27(33)34)29-36-28(35)30-15-7-8-16-30/h1-18H,(H,33,34)/b29-25-. The van der Waals surface area contributed by atoms with Crippen LogP contribution >= 0.6 is 0 Å². The number of aromatic nitrogens is 2. The number of carboxylic acid groups (broad SMARTS) is 1. The van der Waals surface area contributed by atoms with Crippen LogP contribution in [0.25, 0.3) is 16.6 Å². The number of ketones is 1. The largest absolute Gasteiger partial charge is 0.476 e. The number of aliphatic carboxylic acids is 1. The van der Waals surface area contributed by atoms with Crippen LogP contribution in [0.4, 0.5) is 4.79 Å². The Labute approximate surface area is 205 Å². The Morgan fingerprint density at radius 2 is 1.44 bits per heavy atom. The summed E-state index contributed by atoms with van der Waals surface area (Å²) >= 11 is 0. The smallest absolute Gasteiger partial charge is 0.444 e. The van der Waals surface area contributed by atoms with Gasteiger partial charge in [0.15, 0.2) is 11.5 Å². The van der Waals surface area contributed by atoms with Crippen LogP contribution in [0.1, 0.15) is 21.5 Å². The van der Waals surface area contributed by atoms with Gasteiger partial charge >= 0.3 is 12.1 Å². The van der Waals surface area contributed by atoms with E-state index < -0.39 is 17.8 Å². The van der Waals surface area contributed by atoms with Crippen molar-refractivity contribution in [1.82, 2.24) is 9.13 Å². The number of nitrogens with zero attached hydrogens (tertiary/aromatic N) is 3. The molecule has 0 amide bonds. The van der Waals surface area contributed by atoms with Crippen LogP contribution in [-0.2, 0) is 9.63 Å². The summed E-state index contributed by atoms with van der Waals surface area (Å²) in [6.45, 7) is 0. The molecule has 0 unspecified atom stereocenters. The minimum Gasteiger partial charge on any atom is -0.476 e. The number of carboxylic acids is 1. The fourth-order valence-electron chi connectivity index (χ4n) is 3.91. The highest BCUT2D eigenvalue weighted by Crippen LogP contribution is 2.28. The number of fused-ring (bicyclic) bond motifs is 1. The van der Waals surface area contributed by atoms with Crippen LogP contribution in [-0.4, -0.2) is 37.8 Å². The lowest BCUT2D eigenvalue weighted by atomic mass is 10.00. The van der Waals surface area contributed by atoms with E-state index in [0.29, 0.717) is 22.0 Å². The fraction of sp³-hybridized carbons (Fsp3) is 0. The summed E-state index contributed by atoms with van der Waals surface area (Å²) in [5.74, 6) is -1.59. The average molecular weight is 477 g/mol. The minimum absolute atomic E-state index is 0.198. The Kier molecular flexibility index (Phi) is 5.98. The number of rotatable bonds is 6. The normalized spacial score (nSPS) is 11.4. The molecule has 0 atom stereocenters. The van der Waals surface area contributed by atoms with Gasteiger partial charge in [0.25, 0.3) is 0 Å². The molecule has 1 N–H and O–H groups in total. The molecule has 0 radical (unpaired) electrons. The topological polar surface area (TPSA) is 103 Å². The van der Waals surface area contributed by atoms with Crippen LogP contribution in [0, 0.1) is 0 Å². The van der Waals surface area contributed by atoms with Crippen molar-refractivity contribution in [3.05, 3.63) is 126 Å². The molecule has 5 rings (SSSR count). The number of oxime groups is 1. The third-order valence-corrected chi connectivity index (χ3v) is 5.62. The summed E-state index contributed by atoms with van der Waals surface area (Å²) in [6, 6.07) is 26.5. The Hall–Kier alpha value is -5.24. The molecule has 3 aromatic carbocycles. The monoisotopic (exact) mass is 477 g/mol. The molecule has 0 aliphatic rings. The van der Waals surface area contributed by atoms with E-state index in [1.54, 1.807) is 65.4 Å². The molecule has 36 heavy (non-hydrogen) atoms. The zero-order chi connectivity index (χ0) is 25.1. The quantitative estimate of drug-likeness (QED) is 0.158. The van der Waals surface area contributed by atoms with Crippen molar-refractivity contribution in [2.75, 3.05) is 0 Å². The second-order valence-corrected chi connectivity index (χ2v) is 7.87. The molecular formula is C28H19N3O5. The Balaban J connectivity index is 1.66. The predicted molar refractivity (Wildman–Crippen MR) is 134 cm³/mol. The van der Waals surface area contributed by atoms with E-state index in [1.165, 1.54) is 12.4 Å². The first kappa shape index (κ1) is 22.5. The Morgan fingerprint density at radius 3 is 2.11 bits per heavy atom. The van der Waals surface area contributed by atoms with Gasteiger partial charge in [-0.25, -0.2) is 9.59 Å².